The van der Waals surface area contributed by atoms with Gasteiger partial charge in [-0.3, -0.25) is 0 Å². The lowest BCUT2D eigenvalue weighted by molar-refractivity contribution is 0.472. The Morgan fingerprint density at radius 1 is 0.875 bits per heavy atom. The summed E-state index contributed by atoms with van der Waals surface area (Å²) in [5, 5.41) is 0. The molecule has 0 bridgehead atoms. The molecule has 0 spiro atoms. The van der Waals surface area contributed by atoms with Gasteiger partial charge in [0.1, 0.15) is 11.5 Å². The first-order valence-electron chi connectivity index (χ1n) is 5.17. The molecule has 0 fully saturated rings. The van der Waals surface area contributed by atoms with Crippen LogP contribution in [0.2, 0.25) is 0 Å². The van der Waals surface area contributed by atoms with E-state index in [-0.39, 0.29) is 0 Å². The zero-order valence-corrected chi connectivity index (χ0v) is 10.9. The van der Waals surface area contributed by atoms with Crippen LogP contribution >= 0.6 is 15.9 Å². The molecule has 0 unspecified atom stereocenters. The molecule has 0 saturated carbocycles. The van der Waals surface area contributed by atoms with Crippen molar-refractivity contribution in [2.75, 3.05) is 0 Å². The highest BCUT2D eigenvalue weighted by atomic mass is 79.9. The van der Waals surface area contributed by atoms with Crippen LogP contribution in [0.15, 0.2) is 46.9 Å². The van der Waals surface area contributed by atoms with Crippen molar-refractivity contribution in [2.45, 2.75) is 13.8 Å². The summed E-state index contributed by atoms with van der Waals surface area (Å²) in [7, 11) is 0. The quantitative estimate of drug-likeness (QED) is 0.761. The highest BCUT2D eigenvalue weighted by Gasteiger charge is 2.06. The van der Waals surface area contributed by atoms with Gasteiger partial charge >= 0.3 is 0 Å². The number of aryl methyl sites for hydroxylation is 2. The molecule has 0 N–H and O–H groups in total. The van der Waals surface area contributed by atoms with Gasteiger partial charge in [-0.05, 0) is 53.0 Å². The second-order valence-electron chi connectivity index (χ2n) is 3.75. The summed E-state index contributed by atoms with van der Waals surface area (Å²) in [6, 6.07) is 14.0. The normalized spacial score (nSPS) is 10.2. The molecule has 2 rings (SSSR count). The third-order valence-electron chi connectivity index (χ3n) is 2.47. The molecule has 0 aromatic heterocycles. The van der Waals surface area contributed by atoms with E-state index < -0.39 is 0 Å². The van der Waals surface area contributed by atoms with Crippen molar-refractivity contribution >= 4 is 15.9 Å². The highest BCUT2D eigenvalue weighted by Crippen LogP contribution is 2.33. The first-order valence-corrected chi connectivity index (χ1v) is 5.96. The minimum Gasteiger partial charge on any atom is -0.456 e. The molecule has 0 saturated heterocycles. The Hall–Kier alpha value is -1.28. The van der Waals surface area contributed by atoms with Crippen LogP contribution in [-0.2, 0) is 0 Å². The average Bonchev–Trinajstić information content (AvgIpc) is 2.26. The fraction of sp³-hybridized carbons (Fsp3) is 0.143. The minimum absolute atomic E-state index is 0.886. The topological polar surface area (TPSA) is 9.23 Å². The summed E-state index contributed by atoms with van der Waals surface area (Å²) < 4.78 is 6.91. The van der Waals surface area contributed by atoms with E-state index in [1.54, 1.807) is 0 Å². The van der Waals surface area contributed by atoms with Crippen LogP contribution in [-0.4, -0.2) is 0 Å². The maximum absolute atomic E-state index is 5.92. The molecule has 1 nitrogen and oxygen atoms in total. The van der Waals surface area contributed by atoms with Crippen LogP contribution < -0.4 is 4.74 Å². The third-order valence-corrected chi connectivity index (χ3v) is 3.09. The number of ether oxygens (including phenoxy) is 1. The van der Waals surface area contributed by atoms with E-state index in [1.165, 1.54) is 0 Å². The van der Waals surface area contributed by atoms with Crippen molar-refractivity contribution < 1.29 is 4.74 Å². The summed E-state index contributed by atoms with van der Waals surface area (Å²) in [5.41, 5.74) is 2.26. The van der Waals surface area contributed by atoms with E-state index in [0.29, 0.717) is 0 Å². The average molecular weight is 277 g/mol. The Morgan fingerprint density at radius 3 is 2.25 bits per heavy atom. The number of rotatable bonds is 2. The second kappa shape index (κ2) is 4.71. The first-order chi connectivity index (χ1) is 7.68. The zero-order chi connectivity index (χ0) is 11.5. The Bertz CT molecular complexity index is 486. The van der Waals surface area contributed by atoms with Crippen molar-refractivity contribution in [1.82, 2.24) is 0 Å². The fourth-order valence-electron chi connectivity index (χ4n) is 1.53. The van der Waals surface area contributed by atoms with E-state index in [1.807, 2.05) is 56.3 Å². The molecular weight excluding hydrogens is 264 g/mol. The second-order valence-corrected chi connectivity index (χ2v) is 4.61. The Labute approximate surface area is 104 Å². The third kappa shape index (κ3) is 2.27. The molecule has 0 heterocycles. The molecule has 0 aliphatic rings. The van der Waals surface area contributed by atoms with Gasteiger partial charge in [-0.25, -0.2) is 0 Å². The molecule has 16 heavy (non-hydrogen) atoms. The fourth-order valence-corrected chi connectivity index (χ4v) is 2.07. The summed E-state index contributed by atoms with van der Waals surface area (Å²) in [6.45, 7) is 4.08. The van der Waals surface area contributed by atoms with Gasteiger partial charge in [-0.15, -0.1) is 0 Å². The molecule has 2 aromatic carbocycles. The number of hydrogen-bond donors (Lipinski definition) is 0. The van der Waals surface area contributed by atoms with E-state index in [2.05, 4.69) is 15.9 Å². The van der Waals surface area contributed by atoms with Gasteiger partial charge in [0.2, 0.25) is 0 Å². The summed E-state index contributed by atoms with van der Waals surface area (Å²) in [6.07, 6.45) is 0. The van der Waals surface area contributed by atoms with Gasteiger partial charge < -0.3 is 4.74 Å². The number of benzene rings is 2. The van der Waals surface area contributed by atoms with Crippen molar-refractivity contribution in [2.24, 2.45) is 0 Å². The Kier molecular flexibility index (Phi) is 3.30. The van der Waals surface area contributed by atoms with Gasteiger partial charge in [-0.2, -0.15) is 0 Å². The molecule has 2 aromatic rings. The van der Waals surface area contributed by atoms with E-state index in [9.17, 15) is 0 Å². The maximum atomic E-state index is 5.92. The van der Waals surface area contributed by atoms with Crippen LogP contribution in [0.5, 0.6) is 11.5 Å². The van der Waals surface area contributed by atoms with Crippen LogP contribution in [0, 0.1) is 13.8 Å². The first kappa shape index (κ1) is 11.2. The van der Waals surface area contributed by atoms with Crippen LogP contribution in [0.1, 0.15) is 11.1 Å². The summed E-state index contributed by atoms with van der Waals surface area (Å²) in [4.78, 5) is 0. The van der Waals surface area contributed by atoms with Gasteiger partial charge in [0.25, 0.3) is 0 Å². The molecule has 0 aliphatic heterocycles. The molecule has 0 atom stereocenters. The monoisotopic (exact) mass is 276 g/mol. The van der Waals surface area contributed by atoms with E-state index in [0.717, 1.165) is 27.1 Å². The molecule has 0 aliphatic carbocycles. The lowest BCUT2D eigenvalue weighted by Gasteiger charge is -2.12. The van der Waals surface area contributed by atoms with Crippen molar-refractivity contribution in [3.05, 3.63) is 58.1 Å². The van der Waals surface area contributed by atoms with E-state index in [4.69, 9.17) is 4.74 Å². The number of halogens is 1. The summed E-state index contributed by atoms with van der Waals surface area (Å²) in [5.74, 6) is 1.79. The lowest BCUT2D eigenvalue weighted by Crippen LogP contribution is -1.90. The molecule has 82 valence electrons. The SMILES string of the molecule is Cc1ccccc1Oc1c(C)cccc1Br. The predicted molar refractivity (Wildman–Crippen MR) is 70.1 cm³/mol. The van der Waals surface area contributed by atoms with Crippen molar-refractivity contribution in [3.63, 3.8) is 0 Å². The predicted octanol–water partition coefficient (Wildman–Crippen LogP) is 4.86. The largest absolute Gasteiger partial charge is 0.456 e. The van der Waals surface area contributed by atoms with Gasteiger partial charge in [-0.1, -0.05) is 30.3 Å². The van der Waals surface area contributed by atoms with Crippen LogP contribution in [0.3, 0.4) is 0 Å². The van der Waals surface area contributed by atoms with Crippen molar-refractivity contribution in [3.8, 4) is 11.5 Å². The number of hydrogen-bond acceptors (Lipinski definition) is 1. The van der Waals surface area contributed by atoms with Gasteiger partial charge in [0.05, 0.1) is 4.47 Å². The Balaban J connectivity index is 2.38. The van der Waals surface area contributed by atoms with Crippen LogP contribution in [0.4, 0.5) is 0 Å². The minimum atomic E-state index is 0.886. The van der Waals surface area contributed by atoms with Gasteiger partial charge in [0, 0.05) is 0 Å². The molecule has 0 radical (unpaired) electrons. The van der Waals surface area contributed by atoms with Crippen LogP contribution in [0.25, 0.3) is 0 Å². The highest BCUT2D eigenvalue weighted by molar-refractivity contribution is 9.10. The smallest absolute Gasteiger partial charge is 0.144 e. The molecule has 2 heteroatoms. The zero-order valence-electron chi connectivity index (χ0n) is 9.33. The molecule has 0 amide bonds. The van der Waals surface area contributed by atoms with Crippen molar-refractivity contribution in [1.29, 1.82) is 0 Å². The standard InChI is InChI=1S/C14H13BrO/c1-10-6-3-4-9-13(10)16-14-11(2)7-5-8-12(14)15/h3-9H,1-2H3. The summed E-state index contributed by atoms with van der Waals surface area (Å²) >= 11 is 3.50. The maximum Gasteiger partial charge on any atom is 0.144 e. The molecular formula is C14H13BrO. The Morgan fingerprint density at radius 2 is 1.56 bits per heavy atom. The van der Waals surface area contributed by atoms with Gasteiger partial charge in [0.15, 0.2) is 0 Å². The van der Waals surface area contributed by atoms with E-state index >= 15 is 0 Å². The lowest BCUT2D eigenvalue weighted by atomic mass is 10.2. The number of para-hydroxylation sites is 2.